The maximum absolute atomic E-state index is 10.2. The number of nitrogens with two attached hydrogens (primary N) is 1. The van der Waals surface area contributed by atoms with Gasteiger partial charge >= 0.3 is 58.2 Å². The van der Waals surface area contributed by atoms with Gasteiger partial charge in [-0.15, -0.1) is 0 Å². The Labute approximate surface area is 113 Å². The molecule has 1 rings (SSSR count). The van der Waals surface area contributed by atoms with Gasteiger partial charge < -0.3 is 15.6 Å². The number of carboxylic acids is 1. The van der Waals surface area contributed by atoms with E-state index in [1.165, 1.54) is 24.3 Å². The Morgan fingerprint density at radius 2 is 1.73 bits per heavy atom. The molecule has 0 saturated heterocycles. The molecule has 4 heteroatoms. The Kier molecular flexibility index (Phi) is 5.17. The molecular formula is C7H6NO2Rb. The summed E-state index contributed by atoms with van der Waals surface area (Å²) >= 11 is 0. The minimum Gasteiger partial charge on any atom is -0.545 e. The second-order valence-electron chi connectivity index (χ2n) is 1.91. The van der Waals surface area contributed by atoms with E-state index in [2.05, 4.69) is 0 Å². The van der Waals surface area contributed by atoms with Gasteiger partial charge in [0, 0.05) is 5.69 Å². The van der Waals surface area contributed by atoms with Crippen molar-refractivity contribution in [3.05, 3.63) is 29.8 Å². The molecule has 2 N–H and O–H groups in total. The molecule has 0 unspecified atom stereocenters. The van der Waals surface area contributed by atoms with Gasteiger partial charge in [0.25, 0.3) is 0 Å². The monoisotopic (exact) mass is 221 g/mol. The molecule has 1 aromatic rings. The van der Waals surface area contributed by atoms with Crippen molar-refractivity contribution in [2.75, 3.05) is 5.73 Å². The average Bonchev–Trinajstić information content (AvgIpc) is 1.88. The van der Waals surface area contributed by atoms with E-state index in [4.69, 9.17) is 5.73 Å². The molecule has 0 fully saturated rings. The number of hydrogen-bond acceptors (Lipinski definition) is 3. The predicted molar refractivity (Wildman–Crippen MR) is 35.2 cm³/mol. The number of carboxylic acid groups (broad SMARTS) is 1. The first kappa shape index (κ1) is 11.3. The van der Waals surface area contributed by atoms with Crippen LogP contribution < -0.4 is 69.0 Å². The number of anilines is 1. The summed E-state index contributed by atoms with van der Waals surface area (Å²) in [4.78, 5) is 10.2. The van der Waals surface area contributed by atoms with Crippen LogP contribution >= 0.6 is 0 Å². The van der Waals surface area contributed by atoms with Crippen molar-refractivity contribution in [2.45, 2.75) is 0 Å². The minimum atomic E-state index is -1.18. The van der Waals surface area contributed by atoms with Crippen LogP contribution in [0.15, 0.2) is 24.3 Å². The molecule has 0 bridgehead atoms. The van der Waals surface area contributed by atoms with E-state index in [0.717, 1.165) is 0 Å². The fourth-order valence-corrected chi connectivity index (χ4v) is 0.619. The third-order valence-corrected chi connectivity index (χ3v) is 1.15. The van der Waals surface area contributed by atoms with Crippen molar-refractivity contribution < 1.29 is 68.1 Å². The Bertz CT molecular complexity index is 245. The van der Waals surface area contributed by atoms with Crippen molar-refractivity contribution in [2.24, 2.45) is 0 Å². The predicted octanol–water partition coefficient (Wildman–Crippen LogP) is -3.36. The minimum absolute atomic E-state index is 0. The Hall–Kier alpha value is 0.295. The van der Waals surface area contributed by atoms with Crippen LogP contribution in [0, 0.1) is 0 Å². The molecule has 11 heavy (non-hydrogen) atoms. The summed E-state index contributed by atoms with van der Waals surface area (Å²) in [5.74, 6) is -1.18. The van der Waals surface area contributed by atoms with Crippen molar-refractivity contribution in [1.29, 1.82) is 0 Å². The van der Waals surface area contributed by atoms with Gasteiger partial charge in [-0.2, -0.15) is 0 Å². The third-order valence-electron chi connectivity index (χ3n) is 1.15. The molecule has 0 saturated carbocycles. The summed E-state index contributed by atoms with van der Waals surface area (Å²) in [5.41, 5.74) is 6.01. The zero-order chi connectivity index (χ0) is 7.56. The third kappa shape index (κ3) is 3.47. The molecule has 1 aromatic carbocycles. The number of benzene rings is 1. The molecule has 0 aliphatic carbocycles. The van der Waals surface area contributed by atoms with Crippen molar-refractivity contribution in [3.63, 3.8) is 0 Å². The normalized spacial score (nSPS) is 8.36. The van der Waals surface area contributed by atoms with Gasteiger partial charge in [0.2, 0.25) is 0 Å². The summed E-state index contributed by atoms with van der Waals surface area (Å²) < 4.78 is 0. The first-order valence-corrected chi connectivity index (χ1v) is 2.77. The average molecular weight is 222 g/mol. The zero-order valence-corrected chi connectivity index (χ0v) is 11.1. The molecule has 0 atom stereocenters. The number of aromatic carboxylic acids is 1. The molecule has 0 aliphatic heterocycles. The molecule has 0 spiro atoms. The van der Waals surface area contributed by atoms with E-state index < -0.39 is 5.97 Å². The number of carbonyl (C=O) groups excluding carboxylic acids is 1. The second-order valence-corrected chi connectivity index (χ2v) is 1.91. The van der Waals surface area contributed by atoms with Crippen LogP contribution in [0.4, 0.5) is 5.69 Å². The molecule has 0 aromatic heterocycles. The summed E-state index contributed by atoms with van der Waals surface area (Å²) in [6.45, 7) is 0. The van der Waals surface area contributed by atoms with Crippen molar-refractivity contribution in [3.8, 4) is 0 Å². The van der Waals surface area contributed by atoms with E-state index in [9.17, 15) is 9.90 Å². The van der Waals surface area contributed by atoms with Gasteiger partial charge in [-0.1, -0.05) is 12.1 Å². The molecule has 0 aliphatic rings. The van der Waals surface area contributed by atoms with Crippen LogP contribution in [-0.4, -0.2) is 5.97 Å². The van der Waals surface area contributed by atoms with Gasteiger partial charge in [0.1, 0.15) is 0 Å². The standard InChI is InChI=1S/C7H7NO2.Rb/c8-6-3-1-5(2-4-6)7(9)10;/h1-4H,8H2,(H,9,10);/q;+1/p-1. The van der Waals surface area contributed by atoms with Crippen LogP contribution in [0.25, 0.3) is 0 Å². The molecule has 0 heterocycles. The Morgan fingerprint density at radius 3 is 2.09 bits per heavy atom. The summed E-state index contributed by atoms with van der Waals surface area (Å²) in [7, 11) is 0. The molecular weight excluding hydrogens is 216 g/mol. The van der Waals surface area contributed by atoms with E-state index >= 15 is 0 Å². The molecule has 52 valence electrons. The van der Waals surface area contributed by atoms with Gasteiger partial charge in [0.05, 0.1) is 5.97 Å². The van der Waals surface area contributed by atoms with E-state index in [-0.39, 0.29) is 63.8 Å². The maximum Gasteiger partial charge on any atom is 1.00 e. The topological polar surface area (TPSA) is 66.2 Å². The van der Waals surface area contributed by atoms with Gasteiger partial charge in [-0.05, 0) is 17.7 Å². The summed E-state index contributed by atoms with van der Waals surface area (Å²) in [6.07, 6.45) is 0. The quantitative estimate of drug-likeness (QED) is 0.504. The van der Waals surface area contributed by atoms with Crippen LogP contribution in [0.2, 0.25) is 0 Å². The first-order chi connectivity index (χ1) is 4.70. The number of nitrogen functional groups attached to an aromatic ring is 1. The van der Waals surface area contributed by atoms with Crippen molar-refractivity contribution >= 4 is 11.7 Å². The molecule has 3 nitrogen and oxygen atoms in total. The fraction of sp³-hybridized carbons (Fsp3) is 0. The second kappa shape index (κ2) is 5.03. The van der Waals surface area contributed by atoms with E-state index in [1.54, 1.807) is 0 Å². The summed E-state index contributed by atoms with van der Waals surface area (Å²) in [6, 6.07) is 5.85. The molecule has 0 amide bonds. The smallest absolute Gasteiger partial charge is 0.545 e. The summed E-state index contributed by atoms with van der Waals surface area (Å²) in [5, 5.41) is 10.2. The van der Waals surface area contributed by atoms with E-state index in [0.29, 0.717) is 5.69 Å². The van der Waals surface area contributed by atoms with Gasteiger partial charge in [-0.3, -0.25) is 0 Å². The number of carbonyl (C=O) groups is 1. The molecule has 0 radical (unpaired) electrons. The van der Waals surface area contributed by atoms with Gasteiger partial charge in [0.15, 0.2) is 0 Å². The first-order valence-electron chi connectivity index (χ1n) is 2.77. The van der Waals surface area contributed by atoms with Crippen LogP contribution in [-0.2, 0) is 0 Å². The Morgan fingerprint density at radius 1 is 1.27 bits per heavy atom. The Balaban J connectivity index is 0.000001000. The van der Waals surface area contributed by atoms with Crippen molar-refractivity contribution in [1.82, 2.24) is 0 Å². The largest absolute Gasteiger partial charge is 1.00 e. The van der Waals surface area contributed by atoms with Crippen LogP contribution in [0.5, 0.6) is 0 Å². The SMILES string of the molecule is Nc1ccc(C(=O)[O-])cc1.[Rb+]. The number of hydrogen-bond donors (Lipinski definition) is 1. The number of rotatable bonds is 1. The zero-order valence-electron chi connectivity index (χ0n) is 6.20. The van der Waals surface area contributed by atoms with Crippen LogP contribution in [0.3, 0.4) is 0 Å². The van der Waals surface area contributed by atoms with Crippen LogP contribution in [0.1, 0.15) is 10.4 Å². The van der Waals surface area contributed by atoms with Gasteiger partial charge in [-0.25, -0.2) is 0 Å². The van der Waals surface area contributed by atoms with E-state index in [1.807, 2.05) is 0 Å². The maximum atomic E-state index is 10.2. The fourth-order valence-electron chi connectivity index (χ4n) is 0.619.